The Morgan fingerprint density at radius 1 is 1.56 bits per heavy atom. The van der Waals surface area contributed by atoms with Gasteiger partial charge in [0, 0.05) is 37.9 Å². The predicted octanol–water partition coefficient (Wildman–Crippen LogP) is 2.20. The number of hydrogen-bond acceptors (Lipinski definition) is 3. The second kappa shape index (κ2) is 6.34. The van der Waals surface area contributed by atoms with E-state index < -0.39 is 0 Å². The summed E-state index contributed by atoms with van der Waals surface area (Å²) in [7, 11) is 1.98. The van der Waals surface area contributed by atoms with Gasteiger partial charge in [0.05, 0.1) is 11.8 Å². The van der Waals surface area contributed by atoms with Crippen molar-refractivity contribution in [1.82, 2.24) is 15.1 Å². The minimum atomic E-state index is 0.219. The summed E-state index contributed by atoms with van der Waals surface area (Å²) >= 11 is 0. The van der Waals surface area contributed by atoms with E-state index >= 15 is 0 Å². The monoisotopic (exact) mass is 251 g/mol. The SMILES string of the molecule is CCCNCC1CCCOC1c1cn(C)nc1C. The van der Waals surface area contributed by atoms with Crippen LogP contribution >= 0.6 is 0 Å². The molecule has 1 aliphatic rings. The lowest BCUT2D eigenvalue weighted by Crippen LogP contribution is -2.32. The average Bonchev–Trinajstić information content (AvgIpc) is 2.69. The molecule has 2 atom stereocenters. The van der Waals surface area contributed by atoms with Crippen LogP contribution in [0, 0.1) is 12.8 Å². The van der Waals surface area contributed by atoms with Crippen LogP contribution in [0.3, 0.4) is 0 Å². The maximum absolute atomic E-state index is 6.01. The molecule has 0 aromatic carbocycles. The fourth-order valence-corrected chi connectivity index (χ4v) is 2.76. The highest BCUT2D eigenvalue weighted by atomic mass is 16.5. The lowest BCUT2D eigenvalue weighted by molar-refractivity contribution is -0.0280. The first kappa shape index (κ1) is 13.6. The molecule has 1 fully saturated rings. The van der Waals surface area contributed by atoms with Crippen molar-refractivity contribution in [1.29, 1.82) is 0 Å². The van der Waals surface area contributed by atoms with Crippen molar-refractivity contribution in [2.45, 2.75) is 39.2 Å². The van der Waals surface area contributed by atoms with Gasteiger partial charge in [-0.15, -0.1) is 0 Å². The summed E-state index contributed by atoms with van der Waals surface area (Å²) < 4.78 is 7.90. The molecule has 1 saturated heterocycles. The van der Waals surface area contributed by atoms with Gasteiger partial charge in [0.2, 0.25) is 0 Å². The largest absolute Gasteiger partial charge is 0.373 e. The first-order valence-corrected chi connectivity index (χ1v) is 7.04. The lowest BCUT2D eigenvalue weighted by Gasteiger charge is -2.32. The van der Waals surface area contributed by atoms with Gasteiger partial charge in [-0.05, 0) is 32.7 Å². The van der Waals surface area contributed by atoms with Crippen LogP contribution in [0.15, 0.2) is 6.20 Å². The van der Waals surface area contributed by atoms with E-state index in [1.54, 1.807) is 0 Å². The topological polar surface area (TPSA) is 39.1 Å². The Balaban J connectivity index is 2.05. The molecule has 1 aromatic heterocycles. The van der Waals surface area contributed by atoms with Gasteiger partial charge < -0.3 is 10.1 Å². The van der Waals surface area contributed by atoms with Gasteiger partial charge >= 0.3 is 0 Å². The molecule has 0 saturated carbocycles. The van der Waals surface area contributed by atoms with E-state index in [9.17, 15) is 0 Å². The Labute approximate surface area is 110 Å². The van der Waals surface area contributed by atoms with Gasteiger partial charge in [0.15, 0.2) is 0 Å². The smallest absolute Gasteiger partial charge is 0.0898 e. The van der Waals surface area contributed by atoms with Crippen LogP contribution in [-0.4, -0.2) is 29.5 Å². The normalized spacial score (nSPS) is 24.4. The summed E-state index contributed by atoms with van der Waals surface area (Å²) in [5.74, 6) is 0.577. The van der Waals surface area contributed by atoms with Crippen molar-refractivity contribution in [3.8, 4) is 0 Å². The van der Waals surface area contributed by atoms with Crippen LogP contribution in [0.25, 0.3) is 0 Å². The Hall–Kier alpha value is -0.870. The molecule has 1 N–H and O–H groups in total. The molecule has 0 amide bonds. The van der Waals surface area contributed by atoms with Crippen LogP contribution in [0.5, 0.6) is 0 Å². The molecular weight excluding hydrogens is 226 g/mol. The van der Waals surface area contributed by atoms with Gasteiger partial charge in [-0.1, -0.05) is 6.92 Å². The van der Waals surface area contributed by atoms with Gasteiger partial charge in [0.25, 0.3) is 0 Å². The highest BCUT2D eigenvalue weighted by Gasteiger charge is 2.29. The Bertz CT molecular complexity index is 375. The van der Waals surface area contributed by atoms with E-state index in [4.69, 9.17) is 4.74 Å². The maximum atomic E-state index is 6.01. The van der Waals surface area contributed by atoms with E-state index in [0.29, 0.717) is 5.92 Å². The molecule has 0 spiro atoms. The van der Waals surface area contributed by atoms with Crippen molar-refractivity contribution in [3.05, 3.63) is 17.5 Å². The Morgan fingerprint density at radius 2 is 2.39 bits per heavy atom. The zero-order valence-electron chi connectivity index (χ0n) is 11.8. The number of aromatic nitrogens is 2. The second-order valence-electron chi connectivity index (χ2n) is 5.24. The molecule has 0 radical (unpaired) electrons. The van der Waals surface area contributed by atoms with Crippen LogP contribution in [0.2, 0.25) is 0 Å². The fourth-order valence-electron chi connectivity index (χ4n) is 2.76. The number of aryl methyl sites for hydroxylation is 2. The van der Waals surface area contributed by atoms with Crippen molar-refractivity contribution >= 4 is 0 Å². The summed E-state index contributed by atoms with van der Waals surface area (Å²) in [5.41, 5.74) is 2.37. The molecule has 1 aromatic rings. The summed E-state index contributed by atoms with van der Waals surface area (Å²) in [6.07, 6.45) is 5.93. The molecular formula is C14H25N3O. The number of nitrogens with one attached hydrogen (secondary N) is 1. The third-order valence-corrected chi connectivity index (χ3v) is 3.64. The van der Waals surface area contributed by atoms with Crippen molar-refractivity contribution < 1.29 is 4.74 Å². The number of ether oxygens (including phenoxy) is 1. The van der Waals surface area contributed by atoms with Gasteiger partial charge in [-0.3, -0.25) is 4.68 Å². The zero-order valence-corrected chi connectivity index (χ0v) is 11.8. The van der Waals surface area contributed by atoms with E-state index in [1.807, 2.05) is 11.7 Å². The first-order valence-electron chi connectivity index (χ1n) is 7.04. The number of hydrogen-bond donors (Lipinski definition) is 1. The van der Waals surface area contributed by atoms with Gasteiger partial charge in [-0.2, -0.15) is 5.10 Å². The third-order valence-electron chi connectivity index (χ3n) is 3.64. The van der Waals surface area contributed by atoms with E-state index in [-0.39, 0.29) is 6.10 Å². The molecule has 2 rings (SSSR count). The standard InChI is InChI=1S/C14H25N3O/c1-4-7-15-9-12-6-5-8-18-14(12)13-10-17(3)16-11(13)2/h10,12,14-15H,4-9H2,1-3H3. The van der Waals surface area contributed by atoms with Crippen LogP contribution in [0.1, 0.15) is 43.5 Å². The quantitative estimate of drug-likeness (QED) is 0.815. The van der Waals surface area contributed by atoms with Crippen molar-refractivity contribution in [2.75, 3.05) is 19.7 Å². The third kappa shape index (κ3) is 3.12. The van der Waals surface area contributed by atoms with Crippen LogP contribution < -0.4 is 5.32 Å². The zero-order chi connectivity index (χ0) is 13.0. The summed E-state index contributed by atoms with van der Waals surface area (Å²) in [5, 5.41) is 7.96. The molecule has 2 heterocycles. The van der Waals surface area contributed by atoms with Crippen LogP contribution in [-0.2, 0) is 11.8 Å². The summed E-state index contributed by atoms with van der Waals surface area (Å²) in [4.78, 5) is 0. The van der Waals surface area contributed by atoms with E-state index in [2.05, 4.69) is 30.5 Å². The van der Waals surface area contributed by atoms with Gasteiger partial charge in [0.1, 0.15) is 0 Å². The molecule has 4 nitrogen and oxygen atoms in total. The average molecular weight is 251 g/mol. The molecule has 18 heavy (non-hydrogen) atoms. The fraction of sp³-hybridized carbons (Fsp3) is 0.786. The number of nitrogens with zero attached hydrogens (tertiary/aromatic N) is 2. The minimum absolute atomic E-state index is 0.219. The first-order chi connectivity index (χ1) is 8.72. The van der Waals surface area contributed by atoms with Crippen molar-refractivity contribution in [2.24, 2.45) is 13.0 Å². The van der Waals surface area contributed by atoms with Crippen LogP contribution in [0.4, 0.5) is 0 Å². The Morgan fingerprint density at radius 3 is 3.06 bits per heavy atom. The molecule has 0 bridgehead atoms. The van der Waals surface area contributed by atoms with Crippen molar-refractivity contribution in [3.63, 3.8) is 0 Å². The van der Waals surface area contributed by atoms with E-state index in [1.165, 1.54) is 24.8 Å². The predicted molar refractivity (Wildman–Crippen MR) is 72.5 cm³/mol. The molecule has 4 heteroatoms. The highest BCUT2D eigenvalue weighted by Crippen LogP contribution is 2.34. The summed E-state index contributed by atoms with van der Waals surface area (Å²) in [6.45, 7) is 7.29. The lowest BCUT2D eigenvalue weighted by atomic mass is 9.89. The summed E-state index contributed by atoms with van der Waals surface area (Å²) in [6, 6.07) is 0. The molecule has 2 unspecified atom stereocenters. The number of rotatable bonds is 5. The van der Waals surface area contributed by atoms with Gasteiger partial charge in [-0.25, -0.2) is 0 Å². The second-order valence-corrected chi connectivity index (χ2v) is 5.24. The Kier molecular flexibility index (Phi) is 4.78. The molecule has 1 aliphatic heterocycles. The highest BCUT2D eigenvalue weighted by molar-refractivity contribution is 5.20. The van der Waals surface area contributed by atoms with E-state index in [0.717, 1.165) is 25.4 Å². The molecule has 102 valence electrons. The maximum Gasteiger partial charge on any atom is 0.0898 e. The molecule has 0 aliphatic carbocycles. The minimum Gasteiger partial charge on any atom is -0.373 e.